The van der Waals surface area contributed by atoms with Gasteiger partial charge < -0.3 is 15.5 Å². The fourth-order valence-corrected chi connectivity index (χ4v) is 2.99. The number of methoxy groups -OCH3 is 1. The van der Waals surface area contributed by atoms with E-state index in [4.69, 9.17) is 22.1 Å². The number of aromatic amines is 1. The minimum absolute atomic E-state index is 0.251. The molecular weight excluding hydrogens is 296 g/mol. The minimum Gasteiger partial charge on any atom is -0.497 e. The van der Waals surface area contributed by atoms with Crippen molar-refractivity contribution >= 4 is 22.5 Å². The predicted molar refractivity (Wildman–Crippen MR) is 91.8 cm³/mol. The highest BCUT2D eigenvalue weighted by molar-refractivity contribution is 6.31. The van der Waals surface area contributed by atoms with Crippen LogP contribution in [0, 0.1) is 0 Å². The molecule has 0 saturated heterocycles. The van der Waals surface area contributed by atoms with Gasteiger partial charge in [0, 0.05) is 28.0 Å². The van der Waals surface area contributed by atoms with E-state index in [2.05, 4.69) is 17.1 Å². The Balaban J connectivity index is 1.90. The Morgan fingerprint density at radius 3 is 2.64 bits per heavy atom. The molecule has 114 valence electrons. The van der Waals surface area contributed by atoms with E-state index in [-0.39, 0.29) is 5.92 Å². The normalized spacial score (nSPS) is 12.5. The molecule has 0 radical (unpaired) electrons. The van der Waals surface area contributed by atoms with Crippen molar-refractivity contribution in [1.29, 1.82) is 0 Å². The molecule has 1 atom stereocenters. The van der Waals surface area contributed by atoms with Crippen LogP contribution in [0.4, 0.5) is 0 Å². The fourth-order valence-electron chi connectivity index (χ4n) is 2.82. The van der Waals surface area contributed by atoms with Gasteiger partial charge in [-0.1, -0.05) is 23.7 Å². The molecule has 0 amide bonds. The molecule has 22 heavy (non-hydrogen) atoms. The Morgan fingerprint density at radius 1 is 1.18 bits per heavy atom. The largest absolute Gasteiger partial charge is 0.497 e. The Kier molecular flexibility index (Phi) is 4.36. The van der Waals surface area contributed by atoms with E-state index in [1.165, 1.54) is 11.1 Å². The van der Waals surface area contributed by atoms with Gasteiger partial charge in [0.2, 0.25) is 0 Å². The van der Waals surface area contributed by atoms with Crippen molar-refractivity contribution in [3.63, 3.8) is 0 Å². The van der Waals surface area contributed by atoms with Gasteiger partial charge in [0.1, 0.15) is 5.75 Å². The third-order valence-electron chi connectivity index (χ3n) is 4.04. The summed E-state index contributed by atoms with van der Waals surface area (Å²) in [6.07, 6.45) is 2.93. The van der Waals surface area contributed by atoms with Gasteiger partial charge in [-0.3, -0.25) is 0 Å². The molecule has 0 spiro atoms. The van der Waals surface area contributed by atoms with Crippen molar-refractivity contribution in [2.75, 3.05) is 13.7 Å². The second-order valence-corrected chi connectivity index (χ2v) is 5.86. The Hall–Kier alpha value is -1.97. The summed E-state index contributed by atoms with van der Waals surface area (Å²) < 4.78 is 5.20. The number of fused-ring (bicyclic) bond motifs is 1. The van der Waals surface area contributed by atoms with Crippen LogP contribution in [0.3, 0.4) is 0 Å². The lowest BCUT2D eigenvalue weighted by Crippen LogP contribution is -2.14. The highest BCUT2D eigenvalue weighted by Gasteiger charge is 2.15. The molecule has 0 aliphatic carbocycles. The van der Waals surface area contributed by atoms with Crippen LogP contribution in [-0.4, -0.2) is 18.6 Å². The first-order valence-corrected chi connectivity index (χ1v) is 7.68. The standard InChI is InChI=1S/C18H19ClN2O/c1-22-15-5-2-12(3-6-15)8-13(10-20)17-11-21-18-7-4-14(19)9-16(17)18/h2-7,9,11,13,21H,8,10,20H2,1H3. The van der Waals surface area contributed by atoms with Gasteiger partial charge in [0.25, 0.3) is 0 Å². The lowest BCUT2D eigenvalue weighted by molar-refractivity contribution is 0.414. The van der Waals surface area contributed by atoms with Crippen molar-refractivity contribution in [3.8, 4) is 5.75 Å². The van der Waals surface area contributed by atoms with Crippen molar-refractivity contribution < 1.29 is 4.74 Å². The smallest absolute Gasteiger partial charge is 0.118 e. The van der Waals surface area contributed by atoms with E-state index in [0.29, 0.717) is 6.54 Å². The molecule has 0 bridgehead atoms. The van der Waals surface area contributed by atoms with Crippen LogP contribution in [0.5, 0.6) is 5.75 Å². The molecule has 0 aliphatic rings. The van der Waals surface area contributed by atoms with Crippen molar-refractivity contribution in [2.24, 2.45) is 5.73 Å². The van der Waals surface area contributed by atoms with E-state index in [0.717, 1.165) is 28.1 Å². The Morgan fingerprint density at radius 2 is 1.95 bits per heavy atom. The second-order valence-electron chi connectivity index (χ2n) is 5.42. The number of benzene rings is 2. The zero-order valence-electron chi connectivity index (χ0n) is 12.5. The number of nitrogens with one attached hydrogen (secondary N) is 1. The van der Waals surface area contributed by atoms with E-state index >= 15 is 0 Å². The monoisotopic (exact) mass is 314 g/mol. The first kappa shape index (κ1) is 14.9. The van der Waals surface area contributed by atoms with Gasteiger partial charge in [-0.15, -0.1) is 0 Å². The van der Waals surface area contributed by atoms with Crippen LogP contribution in [0.1, 0.15) is 17.0 Å². The molecule has 1 heterocycles. The molecule has 2 aromatic carbocycles. The lowest BCUT2D eigenvalue weighted by Gasteiger charge is -2.15. The topological polar surface area (TPSA) is 51.0 Å². The third kappa shape index (κ3) is 2.96. The quantitative estimate of drug-likeness (QED) is 0.744. The zero-order chi connectivity index (χ0) is 15.5. The molecular formula is C18H19ClN2O. The maximum Gasteiger partial charge on any atom is 0.118 e. The molecule has 0 saturated carbocycles. The molecule has 3 aromatic rings. The number of hydrogen-bond donors (Lipinski definition) is 2. The van der Waals surface area contributed by atoms with Crippen molar-refractivity contribution in [2.45, 2.75) is 12.3 Å². The van der Waals surface area contributed by atoms with E-state index in [9.17, 15) is 0 Å². The lowest BCUT2D eigenvalue weighted by atomic mass is 9.92. The van der Waals surface area contributed by atoms with Crippen LogP contribution in [-0.2, 0) is 6.42 Å². The maximum atomic E-state index is 6.13. The van der Waals surface area contributed by atoms with Gasteiger partial charge in [-0.2, -0.15) is 0 Å². The number of halogens is 1. The van der Waals surface area contributed by atoms with Gasteiger partial charge >= 0.3 is 0 Å². The average Bonchev–Trinajstić information content (AvgIpc) is 2.96. The van der Waals surface area contributed by atoms with Crippen LogP contribution in [0.15, 0.2) is 48.7 Å². The number of ether oxygens (including phenoxy) is 1. The second kappa shape index (κ2) is 6.42. The molecule has 1 aromatic heterocycles. The fraction of sp³-hybridized carbons (Fsp3) is 0.222. The van der Waals surface area contributed by atoms with Crippen LogP contribution < -0.4 is 10.5 Å². The summed E-state index contributed by atoms with van der Waals surface area (Å²) in [5.41, 5.74) is 9.58. The predicted octanol–water partition coefficient (Wildman–Crippen LogP) is 4.11. The summed E-state index contributed by atoms with van der Waals surface area (Å²) in [5, 5.41) is 1.89. The minimum atomic E-state index is 0.251. The average molecular weight is 315 g/mol. The van der Waals surface area contributed by atoms with E-state index in [1.54, 1.807) is 7.11 Å². The summed E-state index contributed by atoms with van der Waals surface area (Å²) in [4.78, 5) is 3.30. The summed E-state index contributed by atoms with van der Waals surface area (Å²) in [7, 11) is 1.67. The Labute approximate surface area is 135 Å². The van der Waals surface area contributed by atoms with Crippen LogP contribution in [0.2, 0.25) is 5.02 Å². The molecule has 4 heteroatoms. The molecule has 1 unspecified atom stereocenters. The third-order valence-corrected chi connectivity index (χ3v) is 4.28. The molecule has 3 N–H and O–H groups in total. The molecule has 3 rings (SSSR count). The SMILES string of the molecule is COc1ccc(CC(CN)c2c[nH]c3ccc(Cl)cc23)cc1. The molecule has 0 fully saturated rings. The number of hydrogen-bond acceptors (Lipinski definition) is 2. The first-order valence-electron chi connectivity index (χ1n) is 7.31. The van der Waals surface area contributed by atoms with Gasteiger partial charge in [-0.25, -0.2) is 0 Å². The molecule has 3 nitrogen and oxygen atoms in total. The van der Waals surface area contributed by atoms with Gasteiger partial charge in [0.05, 0.1) is 7.11 Å². The first-order chi connectivity index (χ1) is 10.7. The highest BCUT2D eigenvalue weighted by atomic mass is 35.5. The number of H-pyrrole nitrogens is 1. The van der Waals surface area contributed by atoms with Gasteiger partial charge in [0.15, 0.2) is 0 Å². The summed E-state index contributed by atoms with van der Waals surface area (Å²) in [6.45, 7) is 0.589. The van der Waals surface area contributed by atoms with Crippen LogP contribution in [0.25, 0.3) is 10.9 Å². The number of nitrogens with two attached hydrogens (primary N) is 1. The van der Waals surface area contributed by atoms with E-state index < -0.39 is 0 Å². The summed E-state index contributed by atoms with van der Waals surface area (Å²) in [5.74, 6) is 1.12. The zero-order valence-corrected chi connectivity index (χ0v) is 13.2. The molecule has 0 aliphatic heterocycles. The summed E-state index contributed by atoms with van der Waals surface area (Å²) in [6, 6.07) is 14.0. The maximum absolute atomic E-state index is 6.13. The van der Waals surface area contributed by atoms with Crippen molar-refractivity contribution in [1.82, 2.24) is 4.98 Å². The van der Waals surface area contributed by atoms with E-state index in [1.807, 2.05) is 36.5 Å². The number of rotatable bonds is 5. The van der Waals surface area contributed by atoms with Crippen LogP contribution >= 0.6 is 11.6 Å². The Bertz CT molecular complexity index is 764. The van der Waals surface area contributed by atoms with Crippen molar-refractivity contribution in [3.05, 3.63) is 64.8 Å². The van der Waals surface area contributed by atoms with Gasteiger partial charge in [-0.05, 0) is 54.4 Å². The summed E-state index contributed by atoms with van der Waals surface area (Å²) >= 11 is 6.13. The number of aromatic nitrogens is 1. The highest BCUT2D eigenvalue weighted by Crippen LogP contribution is 2.30.